The van der Waals surface area contributed by atoms with Crippen molar-refractivity contribution in [1.29, 1.82) is 0 Å². The molecule has 0 bridgehead atoms. The minimum Gasteiger partial charge on any atom is -0.334 e. The van der Waals surface area contributed by atoms with E-state index in [0.717, 1.165) is 11.3 Å². The molecular formula is C20H16ClFN4OS. The monoisotopic (exact) mass is 414 g/mol. The molecular weight excluding hydrogens is 399 g/mol. The lowest BCUT2D eigenvalue weighted by molar-refractivity contribution is 0.0748. The second-order valence-corrected chi connectivity index (χ2v) is 7.84. The third-order valence-corrected chi connectivity index (χ3v) is 6.39. The van der Waals surface area contributed by atoms with E-state index in [1.54, 1.807) is 29.0 Å². The van der Waals surface area contributed by atoms with E-state index < -0.39 is 0 Å². The van der Waals surface area contributed by atoms with Gasteiger partial charge in [-0.1, -0.05) is 23.7 Å². The molecule has 142 valence electrons. The quantitative estimate of drug-likeness (QED) is 0.466. The Hall–Kier alpha value is -2.77. The van der Waals surface area contributed by atoms with Crippen LogP contribution in [0.5, 0.6) is 0 Å². The number of hydrogen-bond acceptors (Lipinski definition) is 4. The van der Waals surface area contributed by atoms with Crippen LogP contribution in [0.25, 0.3) is 15.8 Å². The van der Waals surface area contributed by atoms with Crippen LogP contribution in [-0.4, -0.2) is 32.6 Å². The standard InChI is InChI=1S/C20H16ClFN4OS/c1-12(13-3-6-15(7-4-13)26-11-23-10-24-26)25(2)20(27)19-18(21)16-8-5-14(22)9-17(16)28-19/h3-12H,1-2H3. The predicted molar refractivity (Wildman–Crippen MR) is 109 cm³/mol. The number of aromatic nitrogens is 3. The molecule has 0 fully saturated rings. The van der Waals surface area contributed by atoms with Crippen LogP contribution in [0.3, 0.4) is 0 Å². The number of halogens is 2. The van der Waals surface area contributed by atoms with Crippen LogP contribution < -0.4 is 0 Å². The molecule has 2 heterocycles. The van der Waals surface area contributed by atoms with Crippen LogP contribution in [-0.2, 0) is 0 Å². The third kappa shape index (κ3) is 3.27. The number of amides is 1. The molecule has 0 aliphatic rings. The maximum Gasteiger partial charge on any atom is 0.265 e. The van der Waals surface area contributed by atoms with Crippen molar-refractivity contribution in [2.75, 3.05) is 7.05 Å². The molecule has 1 unspecified atom stereocenters. The van der Waals surface area contributed by atoms with E-state index in [1.807, 2.05) is 31.2 Å². The lowest BCUT2D eigenvalue weighted by atomic mass is 10.1. The summed E-state index contributed by atoms with van der Waals surface area (Å²) in [5.74, 6) is -0.543. The first-order valence-electron chi connectivity index (χ1n) is 8.55. The van der Waals surface area contributed by atoms with Crippen LogP contribution >= 0.6 is 22.9 Å². The third-order valence-electron chi connectivity index (χ3n) is 4.75. The van der Waals surface area contributed by atoms with Gasteiger partial charge < -0.3 is 4.90 Å². The molecule has 4 aromatic rings. The lowest BCUT2D eigenvalue weighted by Gasteiger charge is -2.25. The Morgan fingerprint density at radius 3 is 2.68 bits per heavy atom. The SMILES string of the molecule is CC(c1ccc(-n2cncn2)cc1)N(C)C(=O)c1sc2cc(F)ccc2c1Cl. The van der Waals surface area contributed by atoms with E-state index in [0.29, 0.717) is 20.0 Å². The van der Waals surface area contributed by atoms with Gasteiger partial charge in [-0.15, -0.1) is 11.3 Å². The number of nitrogens with zero attached hydrogens (tertiary/aromatic N) is 4. The molecule has 8 heteroatoms. The summed E-state index contributed by atoms with van der Waals surface area (Å²) < 4.78 is 15.8. The summed E-state index contributed by atoms with van der Waals surface area (Å²) in [5.41, 5.74) is 1.86. The minimum absolute atomic E-state index is 0.171. The molecule has 1 amide bonds. The molecule has 2 aromatic carbocycles. The van der Waals surface area contributed by atoms with Gasteiger partial charge in [0.2, 0.25) is 0 Å². The van der Waals surface area contributed by atoms with Gasteiger partial charge in [-0.2, -0.15) is 5.10 Å². The molecule has 4 rings (SSSR count). The van der Waals surface area contributed by atoms with Crippen LogP contribution in [0.15, 0.2) is 55.1 Å². The van der Waals surface area contributed by atoms with Crippen molar-refractivity contribution in [3.05, 3.63) is 76.4 Å². The van der Waals surface area contributed by atoms with Crippen molar-refractivity contribution in [2.24, 2.45) is 0 Å². The van der Waals surface area contributed by atoms with Crippen LogP contribution in [0.4, 0.5) is 4.39 Å². The fourth-order valence-corrected chi connectivity index (χ4v) is 4.50. The first-order valence-corrected chi connectivity index (χ1v) is 9.75. The Morgan fingerprint density at radius 1 is 1.25 bits per heavy atom. The van der Waals surface area contributed by atoms with E-state index in [1.165, 1.54) is 29.8 Å². The number of benzene rings is 2. The number of carbonyl (C=O) groups excluding carboxylic acids is 1. The molecule has 0 saturated carbocycles. The van der Waals surface area contributed by atoms with Gasteiger partial charge in [-0.3, -0.25) is 4.79 Å². The zero-order valence-electron chi connectivity index (χ0n) is 15.1. The maximum absolute atomic E-state index is 13.5. The summed E-state index contributed by atoms with van der Waals surface area (Å²) in [6.45, 7) is 1.95. The first kappa shape index (κ1) is 18.6. The molecule has 1 atom stereocenters. The van der Waals surface area contributed by atoms with Gasteiger partial charge in [0, 0.05) is 17.1 Å². The lowest BCUT2D eigenvalue weighted by Crippen LogP contribution is -2.29. The highest BCUT2D eigenvalue weighted by Gasteiger charge is 2.24. The number of rotatable bonds is 4. The van der Waals surface area contributed by atoms with E-state index in [2.05, 4.69) is 10.1 Å². The van der Waals surface area contributed by atoms with Crippen molar-refractivity contribution in [3.8, 4) is 5.69 Å². The Morgan fingerprint density at radius 2 is 2.00 bits per heavy atom. The normalized spacial score (nSPS) is 12.3. The molecule has 28 heavy (non-hydrogen) atoms. The van der Waals surface area contributed by atoms with Gasteiger partial charge in [-0.25, -0.2) is 14.1 Å². The first-order chi connectivity index (χ1) is 13.5. The van der Waals surface area contributed by atoms with Gasteiger partial charge in [-0.05, 0) is 42.8 Å². The molecule has 2 aromatic heterocycles. The van der Waals surface area contributed by atoms with E-state index >= 15 is 0 Å². The van der Waals surface area contributed by atoms with Crippen LogP contribution in [0.1, 0.15) is 28.2 Å². The number of hydrogen-bond donors (Lipinski definition) is 0. The second kappa shape index (κ2) is 7.33. The summed E-state index contributed by atoms with van der Waals surface area (Å²) in [4.78, 5) is 19.0. The summed E-state index contributed by atoms with van der Waals surface area (Å²) in [6.07, 6.45) is 3.10. The molecule has 0 N–H and O–H groups in total. The Kier molecular flexibility index (Phi) is 4.87. The molecule has 0 spiro atoms. The van der Waals surface area contributed by atoms with Gasteiger partial charge in [0.05, 0.1) is 16.8 Å². The molecule has 0 aliphatic carbocycles. The smallest absolute Gasteiger partial charge is 0.265 e. The zero-order chi connectivity index (χ0) is 19.8. The summed E-state index contributed by atoms with van der Waals surface area (Å²) in [7, 11) is 1.74. The Labute approximate surface area is 170 Å². The van der Waals surface area contributed by atoms with E-state index in [9.17, 15) is 9.18 Å². The van der Waals surface area contributed by atoms with Crippen LogP contribution in [0, 0.1) is 5.82 Å². The van der Waals surface area contributed by atoms with Gasteiger partial charge in [0.1, 0.15) is 23.3 Å². The van der Waals surface area contributed by atoms with Crippen LogP contribution in [0.2, 0.25) is 5.02 Å². The molecule has 5 nitrogen and oxygen atoms in total. The largest absolute Gasteiger partial charge is 0.334 e. The highest BCUT2D eigenvalue weighted by Crippen LogP contribution is 2.37. The predicted octanol–water partition coefficient (Wildman–Crippen LogP) is 5.11. The molecule has 0 aliphatic heterocycles. The summed E-state index contributed by atoms with van der Waals surface area (Å²) >= 11 is 7.61. The Balaban J connectivity index is 1.59. The summed E-state index contributed by atoms with van der Waals surface area (Å²) in [5, 5.41) is 5.16. The minimum atomic E-state index is -0.349. The van der Waals surface area contributed by atoms with Gasteiger partial charge in [0.25, 0.3) is 5.91 Å². The van der Waals surface area contributed by atoms with Gasteiger partial charge >= 0.3 is 0 Å². The molecule has 0 saturated heterocycles. The fraction of sp³-hybridized carbons (Fsp3) is 0.150. The zero-order valence-corrected chi connectivity index (χ0v) is 16.7. The molecule has 0 radical (unpaired) electrons. The fourth-order valence-electron chi connectivity index (χ4n) is 2.98. The average molecular weight is 415 g/mol. The van der Waals surface area contributed by atoms with Crippen molar-refractivity contribution in [1.82, 2.24) is 19.7 Å². The number of carbonyl (C=O) groups is 1. The highest BCUT2D eigenvalue weighted by atomic mass is 35.5. The number of fused-ring (bicyclic) bond motifs is 1. The van der Waals surface area contributed by atoms with Crippen molar-refractivity contribution in [3.63, 3.8) is 0 Å². The van der Waals surface area contributed by atoms with Gasteiger partial charge in [0.15, 0.2) is 0 Å². The highest BCUT2D eigenvalue weighted by molar-refractivity contribution is 7.21. The summed E-state index contributed by atoms with van der Waals surface area (Å²) in [6, 6.07) is 11.9. The Bertz CT molecular complexity index is 1140. The topological polar surface area (TPSA) is 51.0 Å². The van der Waals surface area contributed by atoms with E-state index in [4.69, 9.17) is 11.6 Å². The number of thiophene rings is 1. The van der Waals surface area contributed by atoms with E-state index in [-0.39, 0.29) is 17.8 Å². The van der Waals surface area contributed by atoms with Crippen molar-refractivity contribution in [2.45, 2.75) is 13.0 Å². The van der Waals surface area contributed by atoms with Crippen molar-refractivity contribution >= 4 is 38.9 Å². The van der Waals surface area contributed by atoms with Crippen molar-refractivity contribution < 1.29 is 9.18 Å². The maximum atomic E-state index is 13.5. The second-order valence-electron chi connectivity index (χ2n) is 6.41. The average Bonchev–Trinajstić information content (AvgIpc) is 3.35.